The van der Waals surface area contributed by atoms with Gasteiger partial charge in [0.15, 0.2) is 0 Å². The van der Waals surface area contributed by atoms with E-state index in [1.54, 1.807) is 7.11 Å². The molecule has 0 spiro atoms. The lowest BCUT2D eigenvalue weighted by Gasteiger charge is -2.27. The number of hydrogen-bond acceptors (Lipinski definition) is 3. The number of amidine groups is 1. The summed E-state index contributed by atoms with van der Waals surface area (Å²) in [5.41, 5.74) is -0.580. The molecule has 19 heavy (non-hydrogen) atoms. The molecule has 4 heteroatoms. The van der Waals surface area contributed by atoms with E-state index < -0.39 is 5.54 Å². The van der Waals surface area contributed by atoms with Crippen LogP contribution in [0.5, 0.6) is 0 Å². The van der Waals surface area contributed by atoms with Gasteiger partial charge in [-0.05, 0) is 26.7 Å². The molecule has 0 fully saturated rings. The molecule has 110 valence electrons. The Morgan fingerprint density at radius 2 is 2.05 bits per heavy atom. The van der Waals surface area contributed by atoms with Crippen molar-refractivity contribution in [3.63, 3.8) is 0 Å². The average Bonchev–Trinajstić information content (AvgIpc) is 2.67. The van der Waals surface area contributed by atoms with Crippen molar-refractivity contribution in [2.24, 2.45) is 4.99 Å². The van der Waals surface area contributed by atoms with Crippen molar-refractivity contribution in [2.75, 3.05) is 13.7 Å². The Morgan fingerprint density at radius 3 is 2.53 bits per heavy atom. The number of nitrogens with zero attached hydrogens (tertiary/aromatic N) is 2. The summed E-state index contributed by atoms with van der Waals surface area (Å²) in [5.74, 6) is 1.13. The van der Waals surface area contributed by atoms with E-state index in [4.69, 9.17) is 9.73 Å². The van der Waals surface area contributed by atoms with E-state index in [1.165, 1.54) is 0 Å². The normalized spacial score (nSPS) is 23.4. The quantitative estimate of drug-likeness (QED) is 0.679. The van der Waals surface area contributed by atoms with Crippen LogP contribution in [0.3, 0.4) is 0 Å². The standard InChI is InChI=1S/C15H28N2O2/c1-6-8-9-13-16-15(7-2,10-11-19-5)14(18)17(13)12(3)4/h12H,6-11H2,1-5H3. The number of methoxy groups -OCH3 is 1. The molecule has 0 N–H and O–H groups in total. The van der Waals surface area contributed by atoms with Crippen LogP contribution in [0.1, 0.15) is 59.8 Å². The van der Waals surface area contributed by atoms with Crippen LogP contribution in [0.2, 0.25) is 0 Å². The minimum atomic E-state index is -0.580. The second kappa shape index (κ2) is 7.04. The molecular formula is C15H28N2O2. The number of aliphatic imine (C=N–C) groups is 1. The Bertz CT molecular complexity index is 339. The molecule has 0 saturated carbocycles. The fourth-order valence-electron chi connectivity index (χ4n) is 2.57. The van der Waals surface area contributed by atoms with Gasteiger partial charge in [0, 0.05) is 32.6 Å². The fraction of sp³-hybridized carbons (Fsp3) is 0.867. The van der Waals surface area contributed by atoms with E-state index in [2.05, 4.69) is 20.8 Å². The Labute approximate surface area is 117 Å². The number of carbonyl (C=O) groups excluding carboxylic acids is 1. The maximum Gasteiger partial charge on any atom is 0.256 e. The van der Waals surface area contributed by atoms with E-state index in [1.807, 2.05) is 11.8 Å². The van der Waals surface area contributed by atoms with Crippen LogP contribution >= 0.6 is 0 Å². The molecular weight excluding hydrogens is 240 g/mol. The van der Waals surface area contributed by atoms with Gasteiger partial charge in [0.25, 0.3) is 5.91 Å². The van der Waals surface area contributed by atoms with Gasteiger partial charge in [-0.2, -0.15) is 0 Å². The minimum Gasteiger partial charge on any atom is -0.385 e. The smallest absolute Gasteiger partial charge is 0.256 e. The lowest BCUT2D eigenvalue weighted by molar-refractivity contribution is -0.133. The van der Waals surface area contributed by atoms with Crippen molar-refractivity contribution in [1.29, 1.82) is 0 Å². The first-order valence-electron chi connectivity index (χ1n) is 7.43. The summed E-state index contributed by atoms with van der Waals surface area (Å²) in [6.07, 6.45) is 4.52. The average molecular weight is 268 g/mol. The van der Waals surface area contributed by atoms with Gasteiger partial charge in [0.05, 0.1) is 0 Å². The molecule has 1 unspecified atom stereocenters. The minimum absolute atomic E-state index is 0.160. The van der Waals surface area contributed by atoms with Crippen LogP contribution in [0.4, 0.5) is 0 Å². The third-order valence-electron chi connectivity index (χ3n) is 3.81. The van der Waals surface area contributed by atoms with Gasteiger partial charge in [-0.25, -0.2) is 0 Å². The zero-order valence-electron chi connectivity index (χ0n) is 13.0. The summed E-state index contributed by atoms with van der Waals surface area (Å²) in [4.78, 5) is 19.4. The largest absolute Gasteiger partial charge is 0.385 e. The van der Waals surface area contributed by atoms with Gasteiger partial charge in [-0.3, -0.25) is 14.7 Å². The van der Waals surface area contributed by atoms with Crippen molar-refractivity contribution in [2.45, 2.75) is 71.4 Å². The predicted octanol–water partition coefficient (Wildman–Crippen LogP) is 3.01. The summed E-state index contributed by atoms with van der Waals surface area (Å²) in [6.45, 7) is 8.90. The molecule has 1 aliphatic rings. The lowest BCUT2D eigenvalue weighted by Crippen LogP contribution is -2.46. The highest BCUT2D eigenvalue weighted by Gasteiger charge is 2.46. The summed E-state index contributed by atoms with van der Waals surface area (Å²) in [5, 5.41) is 0. The summed E-state index contributed by atoms with van der Waals surface area (Å²) < 4.78 is 5.15. The second-order valence-corrected chi connectivity index (χ2v) is 5.53. The Hall–Kier alpha value is -0.900. The summed E-state index contributed by atoms with van der Waals surface area (Å²) in [6, 6.07) is 0.180. The van der Waals surface area contributed by atoms with E-state index >= 15 is 0 Å². The molecule has 0 aromatic rings. The molecule has 1 heterocycles. The van der Waals surface area contributed by atoms with Crippen LogP contribution in [0.25, 0.3) is 0 Å². The number of carbonyl (C=O) groups is 1. The first-order chi connectivity index (χ1) is 9.02. The monoisotopic (exact) mass is 268 g/mol. The number of rotatable bonds is 8. The molecule has 0 radical (unpaired) electrons. The van der Waals surface area contributed by atoms with Crippen molar-refractivity contribution in [3.8, 4) is 0 Å². The zero-order valence-corrected chi connectivity index (χ0v) is 13.0. The van der Waals surface area contributed by atoms with Crippen molar-refractivity contribution >= 4 is 11.7 Å². The van der Waals surface area contributed by atoms with E-state index in [-0.39, 0.29) is 11.9 Å². The van der Waals surface area contributed by atoms with Gasteiger partial charge in [0.1, 0.15) is 11.4 Å². The Morgan fingerprint density at radius 1 is 1.37 bits per heavy atom. The van der Waals surface area contributed by atoms with Gasteiger partial charge >= 0.3 is 0 Å². The first-order valence-corrected chi connectivity index (χ1v) is 7.43. The van der Waals surface area contributed by atoms with Crippen molar-refractivity contribution in [3.05, 3.63) is 0 Å². The van der Waals surface area contributed by atoms with Crippen LogP contribution in [-0.2, 0) is 9.53 Å². The van der Waals surface area contributed by atoms with E-state index in [9.17, 15) is 4.79 Å². The van der Waals surface area contributed by atoms with Crippen molar-refractivity contribution < 1.29 is 9.53 Å². The van der Waals surface area contributed by atoms with Gasteiger partial charge in [0.2, 0.25) is 0 Å². The molecule has 1 aliphatic heterocycles. The molecule has 0 saturated heterocycles. The molecule has 4 nitrogen and oxygen atoms in total. The molecule has 0 aliphatic carbocycles. The number of amides is 1. The van der Waals surface area contributed by atoms with Crippen LogP contribution in [0, 0.1) is 0 Å². The molecule has 1 atom stereocenters. The third-order valence-corrected chi connectivity index (χ3v) is 3.81. The highest BCUT2D eigenvalue weighted by molar-refractivity contribution is 6.08. The Balaban J connectivity index is 2.98. The van der Waals surface area contributed by atoms with Crippen LogP contribution in [-0.4, -0.2) is 41.9 Å². The maximum atomic E-state index is 12.7. The van der Waals surface area contributed by atoms with Gasteiger partial charge < -0.3 is 4.74 Å². The molecule has 0 aromatic heterocycles. The Kier molecular flexibility index (Phi) is 5.98. The highest BCUT2D eigenvalue weighted by Crippen LogP contribution is 2.32. The summed E-state index contributed by atoms with van der Waals surface area (Å²) >= 11 is 0. The summed E-state index contributed by atoms with van der Waals surface area (Å²) in [7, 11) is 1.67. The molecule has 1 amide bonds. The SMILES string of the molecule is CCCCC1=NC(CC)(CCOC)C(=O)N1C(C)C. The highest BCUT2D eigenvalue weighted by atomic mass is 16.5. The van der Waals surface area contributed by atoms with E-state index in [0.717, 1.165) is 31.5 Å². The molecule has 0 aromatic carbocycles. The molecule has 1 rings (SSSR count). The topological polar surface area (TPSA) is 41.9 Å². The van der Waals surface area contributed by atoms with Gasteiger partial charge in [-0.15, -0.1) is 0 Å². The maximum absolute atomic E-state index is 12.7. The van der Waals surface area contributed by atoms with Crippen LogP contribution < -0.4 is 0 Å². The third kappa shape index (κ3) is 3.35. The number of ether oxygens (including phenoxy) is 1. The van der Waals surface area contributed by atoms with Gasteiger partial charge in [-0.1, -0.05) is 20.3 Å². The lowest BCUT2D eigenvalue weighted by atomic mass is 9.92. The second-order valence-electron chi connectivity index (χ2n) is 5.53. The number of unbranched alkanes of at least 4 members (excludes halogenated alkanes) is 1. The van der Waals surface area contributed by atoms with Crippen LogP contribution in [0.15, 0.2) is 4.99 Å². The van der Waals surface area contributed by atoms with E-state index in [0.29, 0.717) is 13.0 Å². The zero-order chi connectivity index (χ0) is 14.5. The first kappa shape index (κ1) is 16.2. The number of hydrogen-bond donors (Lipinski definition) is 0. The van der Waals surface area contributed by atoms with Crippen molar-refractivity contribution in [1.82, 2.24) is 4.90 Å². The predicted molar refractivity (Wildman–Crippen MR) is 78.5 cm³/mol. The fourth-order valence-corrected chi connectivity index (χ4v) is 2.57. The molecule has 0 bridgehead atoms.